The SMILES string of the molecule is COCCCNC(=O)CCNc1cccc(Cl)c1C. The molecule has 1 aromatic carbocycles. The van der Waals surface area contributed by atoms with Crippen LogP contribution in [0.4, 0.5) is 5.69 Å². The number of ether oxygens (including phenoxy) is 1. The van der Waals surface area contributed by atoms with Crippen LogP contribution in [0.3, 0.4) is 0 Å². The molecule has 106 valence electrons. The molecule has 0 bridgehead atoms. The summed E-state index contributed by atoms with van der Waals surface area (Å²) in [5.74, 6) is 0.0447. The Kier molecular flexibility index (Phi) is 7.30. The summed E-state index contributed by atoms with van der Waals surface area (Å²) in [6, 6.07) is 5.70. The molecule has 1 amide bonds. The highest BCUT2D eigenvalue weighted by Crippen LogP contribution is 2.22. The first-order valence-electron chi connectivity index (χ1n) is 6.39. The number of halogens is 1. The second-order valence-electron chi connectivity index (χ2n) is 4.29. The minimum Gasteiger partial charge on any atom is -0.385 e. The van der Waals surface area contributed by atoms with Gasteiger partial charge in [0.25, 0.3) is 0 Å². The summed E-state index contributed by atoms with van der Waals surface area (Å²) >= 11 is 6.02. The third-order valence-electron chi connectivity index (χ3n) is 2.78. The molecule has 0 fully saturated rings. The van der Waals surface area contributed by atoms with Crippen molar-refractivity contribution in [2.75, 3.05) is 32.1 Å². The lowest BCUT2D eigenvalue weighted by Gasteiger charge is -2.10. The molecule has 0 aromatic heterocycles. The number of benzene rings is 1. The molecule has 1 rings (SSSR count). The number of hydrogen-bond donors (Lipinski definition) is 2. The predicted molar refractivity (Wildman–Crippen MR) is 78.8 cm³/mol. The molecule has 0 atom stereocenters. The maximum Gasteiger partial charge on any atom is 0.221 e. The average molecular weight is 285 g/mol. The second-order valence-corrected chi connectivity index (χ2v) is 4.69. The molecule has 0 spiro atoms. The first-order chi connectivity index (χ1) is 9.15. The molecule has 0 unspecified atom stereocenters. The molecule has 2 N–H and O–H groups in total. The molecule has 4 nitrogen and oxygen atoms in total. The number of hydrogen-bond acceptors (Lipinski definition) is 3. The van der Waals surface area contributed by atoms with Gasteiger partial charge in [0.1, 0.15) is 0 Å². The van der Waals surface area contributed by atoms with Crippen LogP contribution in [0.25, 0.3) is 0 Å². The van der Waals surface area contributed by atoms with Gasteiger partial charge in [0.2, 0.25) is 5.91 Å². The number of carbonyl (C=O) groups excluding carboxylic acids is 1. The van der Waals surface area contributed by atoms with Gasteiger partial charge in [-0.1, -0.05) is 17.7 Å². The first-order valence-corrected chi connectivity index (χ1v) is 6.77. The van der Waals surface area contributed by atoms with Crippen molar-refractivity contribution in [3.63, 3.8) is 0 Å². The lowest BCUT2D eigenvalue weighted by molar-refractivity contribution is -0.120. The van der Waals surface area contributed by atoms with Gasteiger partial charge in [-0.2, -0.15) is 0 Å². The zero-order valence-electron chi connectivity index (χ0n) is 11.5. The van der Waals surface area contributed by atoms with Crippen molar-refractivity contribution in [2.24, 2.45) is 0 Å². The van der Waals surface area contributed by atoms with Crippen LogP contribution in [-0.2, 0) is 9.53 Å². The first kappa shape index (κ1) is 15.8. The fourth-order valence-electron chi connectivity index (χ4n) is 1.64. The maximum atomic E-state index is 11.5. The zero-order valence-corrected chi connectivity index (χ0v) is 12.2. The van der Waals surface area contributed by atoms with E-state index >= 15 is 0 Å². The number of nitrogens with one attached hydrogen (secondary N) is 2. The van der Waals surface area contributed by atoms with Crippen LogP contribution in [0, 0.1) is 6.92 Å². The van der Waals surface area contributed by atoms with E-state index in [4.69, 9.17) is 16.3 Å². The number of anilines is 1. The lowest BCUT2D eigenvalue weighted by atomic mass is 10.2. The van der Waals surface area contributed by atoms with Crippen molar-refractivity contribution in [1.29, 1.82) is 0 Å². The van der Waals surface area contributed by atoms with Gasteiger partial charge in [-0.05, 0) is 31.0 Å². The molecule has 0 heterocycles. The van der Waals surface area contributed by atoms with Gasteiger partial charge in [0.05, 0.1) is 0 Å². The summed E-state index contributed by atoms with van der Waals surface area (Å²) in [5, 5.41) is 6.79. The van der Waals surface area contributed by atoms with Crippen LogP contribution in [-0.4, -0.2) is 32.7 Å². The van der Waals surface area contributed by atoms with E-state index in [9.17, 15) is 4.79 Å². The van der Waals surface area contributed by atoms with E-state index < -0.39 is 0 Å². The van der Waals surface area contributed by atoms with Gasteiger partial charge in [0.15, 0.2) is 0 Å². The van der Waals surface area contributed by atoms with Gasteiger partial charge < -0.3 is 15.4 Å². The van der Waals surface area contributed by atoms with Crippen LogP contribution in [0.5, 0.6) is 0 Å². The zero-order chi connectivity index (χ0) is 14.1. The molecule has 0 aliphatic heterocycles. The van der Waals surface area contributed by atoms with E-state index in [-0.39, 0.29) is 5.91 Å². The van der Waals surface area contributed by atoms with Crippen molar-refractivity contribution in [3.05, 3.63) is 28.8 Å². The molecular formula is C14H21ClN2O2. The van der Waals surface area contributed by atoms with E-state index in [1.807, 2.05) is 25.1 Å². The topological polar surface area (TPSA) is 50.4 Å². The van der Waals surface area contributed by atoms with E-state index in [0.717, 1.165) is 22.7 Å². The summed E-state index contributed by atoms with van der Waals surface area (Å²) in [6.45, 7) is 3.87. The molecular weight excluding hydrogens is 264 g/mol. The van der Waals surface area contributed by atoms with Crippen LogP contribution in [0.15, 0.2) is 18.2 Å². The average Bonchev–Trinajstić information content (AvgIpc) is 2.40. The van der Waals surface area contributed by atoms with Gasteiger partial charge in [-0.3, -0.25) is 4.79 Å². The number of carbonyl (C=O) groups is 1. The van der Waals surface area contributed by atoms with E-state index in [0.29, 0.717) is 26.1 Å². The van der Waals surface area contributed by atoms with E-state index in [1.165, 1.54) is 0 Å². The highest BCUT2D eigenvalue weighted by atomic mass is 35.5. The Morgan fingerprint density at radius 2 is 2.16 bits per heavy atom. The standard InChI is InChI=1S/C14H21ClN2O2/c1-11-12(15)5-3-6-13(11)16-9-7-14(18)17-8-4-10-19-2/h3,5-6,16H,4,7-10H2,1-2H3,(H,17,18). The normalized spacial score (nSPS) is 10.3. The fraction of sp³-hybridized carbons (Fsp3) is 0.500. The third kappa shape index (κ3) is 5.94. The Morgan fingerprint density at radius 3 is 2.89 bits per heavy atom. The number of methoxy groups -OCH3 is 1. The highest BCUT2D eigenvalue weighted by Gasteiger charge is 2.03. The molecule has 1 aromatic rings. The third-order valence-corrected chi connectivity index (χ3v) is 3.19. The summed E-state index contributed by atoms with van der Waals surface area (Å²) in [4.78, 5) is 11.5. The van der Waals surface area contributed by atoms with Crippen molar-refractivity contribution in [1.82, 2.24) is 5.32 Å². The molecule has 0 radical (unpaired) electrons. The predicted octanol–water partition coefficient (Wildman–Crippen LogP) is 2.60. The number of amides is 1. The minimum atomic E-state index is 0.0447. The molecule has 19 heavy (non-hydrogen) atoms. The van der Waals surface area contributed by atoms with Crippen molar-refractivity contribution < 1.29 is 9.53 Å². The largest absolute Gasteiger partial charge is 0.385 e. The maximum absolute atomic E-state index is 11.5. The molecule has 0 saturated carbocycles. The smallest absolute Gasteiger partial charge is 0.221 e. The fourth-order valence-corrected chi connectivity index (χ4v) is 1.82. The summed E-state index contributed by atoms with van der Waals surface area (Å²) < 4.78 is 4.91. The van der Waals surface area contributed by atoms with Gasteiger partial charge >= 0.3 is 0 Å². The lowest BCUT2D eigenvalue weighted by Crippen LogP contribution is -2.27. The van der Waals surface area contributed by atoms with Crippen LogP contribution >= 0.6 is 11.6 Å². The van der Waals surface area contributed by atoms with Crippen LogP contribution < -0.4 is 10.6 Å². The number of rotatable bonds is 8. The Bertz CT molecular complexity index is 410. The van der Waals surface area contributed by atoms with E-state index in [1.54, 1.807) is 7.11 Å². The second kappa shape index (κ2) is 8.77. The Labute approximate surface area is 119 Å². The highest BCUT2D eigenvalue weighted by molar-refractivity contribution is 6.31. The minimum absolute atomic E-state index is 0.0447. The van der Waals surface area contributed by atoms with Gasteiger partial charge in [0, 0.05) is 43.9 Å². The van der Waals surface area contributed by atoms with Gasteiger partial charge in [-0.15, -0.1) is 0 Å². The molecule has 0 aliphatic carbocycles. The van der Waals surface area contributed by atoms with Crippen molar-refractivity contribution in [3.8, 4) is 0 Å². The Morgan fingerprint density at radius 1 is 1.37 bits per heavy atom. The van der Waals surface area contributed by atoms with Crippen LogP contribution in [0.1, 0.15) is 18.4 Å². The molecule has 0 saturated heterocycles. The van der Waals surface area contributed by atoms with E-state index in [2.05, 4.69) is 10.6 Å². The van der Waals surface area contributed by atoms with Crippen molar-refractivity contribution >= 4 is 23.2 Å². The summed E-state index contributed by atoms with van der Waals surface area (Å²) in [5.41, 5.74) is 1.98. The monoisotopic (exact) mass is 284 g/mol. The molecule has 5 heteroatoms. The quantitative estimate of drug-likeness (QED) is 0.722. The Hall–Kier alpha value is -1.26. The summed E-state index contributed by atoms with van der Waals surface area (Å²) in [6.07, 6.45) is 1.28. The molecule has 0 aliphatic rings. The van der Waals surface area contributed by atoms with Gasteiger partial charge in [-0.25, -0.2) is 0 Å². The summed E-state index contributed by atoms with van der Waals surface area (Å²) in [7, 11) is 1.65. The Balaban J connectivity index is 2.23. The van der Waals surface area contributed by atoms with Crippen molar-refractivity contribution in [2.45, 2.75) is 19.8 Å². The van der Waals surface area contributed by atoms with Crippen LogP contribution in [0.2, 0.25) is 5.02 Å².